The van der Waals surface area contributed by atoms with E-state index >= 15 is 0 Å². The zero-order valence-corrected chi connectivity index (χ0v) is 23.8. The van der Waals surface area contributed by atoms with Crippen LogP contribution >= 0.6 is 0 Å². The monoisotopic (exact) mass is 594 g/mol. The van der Waals surface area contributed by atoms with Gasteiger partial charge in [-0.3, -0.25) is 0 Å². The summed E-state index contributed by atoms with van der Waals surface area (Å²) in [6.07, 6.45) is -0.398. The number of nitrogens with one attached hydrogen (secondary N) is 3. The van der Waals surface area contributed by atoms with Crippen LogP contribution in [0.1, 0.15) is 17.0 Å². The van der Waals surface area contributed by atoms with Gasteiger partial charge in [-0.05, 0) is 77.4 Å². The van der Waals surface area contributed by atoms with E-state index in [1.165, 1.54) is 12.1 Å². The highest BCUT2D eigenvalue weighted by Gasteiger charge is 2.30. The molecule has 4 nitrogen and oxygen atoms in total. The SMILES string of the molecule is FC(F)(F)c1ccc(-c2c3ccc([nH]3)c(-c3ccccc3)c3nc(c4ccc([nH]4)c(-c4ccccc4)c4ccc2[nH]4)C=C3)cc1. The third-order valence-electron chi connectivity index (χ3n) is 8.20. The molecule has 0 unspecified atom stereocenters. The second-order valence-electron chi connectivity index (χ2n) is 11.0. The summed E-state index contributed by atoms with van der Waals surface area (Å²) in [6.45, 7) is 0. The average Bonchev–Trinajstić information content (AvgIpc) is 3.88. The second kappa shape index (κ2) is 10.4. The van der Waals surface area contributed by atoms with Crippen molar-refractivity contribution in [2.45, 2.75) is 6.18 Å². The van der Waals surface area contributed by atoms with Crippen LogP contribution in [-0.4, -0.2) is 19.9 Å². The first-order valence-corrected chi connectivity index (χ1v) is 14.5. The first-order chi connectivity index (χ1) is 21.9. The van der Waals surface area contributed by atoms with Crippen molar-refractivity contribution in [3.8, 4) is 33.4 Å². The molecule has 1 aliphatic heterocycles. The van der Waals surface area contributed by atoms with Crippen LogP contribution in [0.4, 0.5) is 13.2 Å². The van der Waals surface area contributed by atoms with Gasteiger partial charge in [0.25, 0.3) is 0 Å². The van der Waals surface area contributed by atoms with E-state index in [9.17, 15) is 13.2 Å². The van der Waals surface area contributed by atoms with E-state index in [0.717, 1.165) is 84.4 Å². The van der Waals surface area contributed by atoms with Crippen molar-refractivity contribution in [3.63, 3.8) is 0 Å². The first-order valence-electron chi connectivity index (χ1n) is 14.5. The normalized spacial score (nSPS) is 12.2. The van der Waals surface area contributed by atoms with Crippen LogP contribution in [0.3, 0.4) is 0 Å². The fourth-order valence-electron chi connectivity index (χ4n) is 6.10. The molecule has 218 valence electrons. The maximum absolute atomic E-state index is 13.5. The molecule has 4 aromatic heterocycles. The van der Waals surface area contributed by atoms with Gasteiger partial charge >= 0.3 is 6.18 Å². The summed E-state index contributed by atoms with van der Waals surface area (Å²) >= 11 is 0. The molecule has 45 heavy (non-hydrogen) atoms. The number of rotatable bonds is 3. The Bertz CT molecular complexity index is 2340. The van der Waals surface area contributed by atoms with Gasteiger partial charge in [0.1, 0.15) is 0 Å². The van der Waals surface area contributed by atoms with Gasteiger partial charge in [-0.2, -0.15) is 13.2 Å². The number of aromatic amines is 3. The lowest BCUT2D eigenvalue weighted by atomic mass is 10.0. The Hall–Kier alpha value is -5.82. The third kappa shape index (κ3) is 4.79. The molecule has 0 atom stereocenters. The molecule has 0 spiro atoms. The summed E-state index contributed by atoms with van der Waals surface area (Å²) in [5.41, 5.74) is 11.3. The Morgan fingerprint density at radius 2 is 0.800 bits per heavy atom. The summed E-state index contributed by atoms with van der Waals surface area (Å²) in [6, 6.07) is 37.5. The molecule has 1 aliphatic rings. The van der Waals surface area contributed by atoms with E-state index in [4.69, 9.17) is 4.98 Å². The van der Waals surface area contributed by atoms with Crippen LogP contribution < -0.4 is 0 Å². The lowest BCUT2D eigenvalue weighted by Gasteiger charge is -2.08. The van der Waals surface area contributed by atoms with Crippen molar-refractivity contribution in [3.05, 3.63) is 138 Å². The molecule has 0 aliphatic carbocycles. The predicted octanol–water partition coefficient (Wildman–Crippen LogP) is 10.7. The summed E-state index contributed by atoms with van der Waals surface area (Å²) in [5, 5.41) is 0. The molecule has 7 aromatic rings. The van der Waals surface area contributed by atoms with Gasteiger partial charge in [-0.1, -0.05) is 72.8 Å². The second-order valence-corrected chi connectivity index (χ2v) is 11.0. The zero-order chi connectivity index (χ0) is 30.5. The highest BCUT2D eigenvalue weighted by atomic mass is 19.4. The molecule has 8 rings (SSSR count). The van der Waals surface area contributed by atoms with E-state index in [1.54, 1.807) is 0 Å². The molecule has 0 fully saturated rings. The van der Waals surface area contributed by atoms with Crippen LogP contribution in [-0.2, 0) is 6.18 Å². The summed E-state index contributed by atoms with van der Waals surface area (Å²) in [7, 11) is 0. The van der Waals surface area contributed by atoms with Crippen molar-refractivity contribution < 1.29 is 13.2 Å². The Kier molecular flexibility index (Phi) is 6.20. The van der Waals surface area contributed by atoms with Crippen molar-refractivity contribution >= 4 is 45.3 Å². The van der Waals surface area contributed by atoms with E-state index in [-0.39, 0.29) is 0 Å². The highest BCUT2D eigenvalue weighted by molar-refractivity contribution is 6.00. The van der Waals surface area contributed by atoms with Crippen LogP contribution in [0.2, 0.25) is 0 Å². The highest BCUT2D eigenvalue weighted by Crippen LogP contribution is 2.37. The minimum Gasteiger partial charge on any atom is -0.354 e. The van der Waals surface area contributed by atoms with Crippen LogP contribution in [0.25, 0.3) is 78.6 Å². The minimum atomic E-state index is -4.43. The number of halogens is 3. The Labute approximate surface area is 255 Å². The summed E-state index contributed by atoms with van der Waals surface area (Å²) in [5.74, 6) is 0. The lowest BCUT2D eigenvalue weighted by Crippen LogP contribution is -2.04. The molecule has 8 bridgehead atoms. The van der Waals surface area contributed by atoms with Crippen molar-refractivity contribution in [1.29, 1.82) is 0 Å². The number of hydrogen-bond donors (Lipinski definition) is 3. The van der Waals surface area contributed by atoms with Crippen molar-refractivity contribution in [2.75, 3.05) is 0 Å². The smallest absolute Gasteiger partial charge is 0.354 e. The molecule has 5 heterocycles. The quantitative estimate of drug-likeness (QED) is 0.187. The fourth-order valence-corrected chi connectivity index (χ4v) is 6.10. The molecule has 0 saturated heterocycles. The molecule has 3 N–H and O–H groups in total. The maximum Gasteiger partial charge on any atom is 0.416 e. The van der Waals surface area contributed by atoms with E-state index < -0.39 is 11.7 Å². The standard InChI is InChI=1S/C38H25F3N4/c39-38(40,41)26-13-11-25(12-14-26)37-33-21-19-31(44-33)35(23-7-3-1-4-8-23)29-17-15-27(42-29)28-16-18-30(43-28)36(24-9-5-2-6-10-24)32-20-22-34(37)45-32/h1-22,42,44-45H. The number of benzene rings is 3. The number of aromatic nitrogens is 4. The van der Waals surface area contributed by atoms with Gasteiger partial charge < -0.3 is 15.0 Å². The number of hydrogen-bond acceptors (Lipinski definition) is 1. The molecule has 7 heteroatoms. The number of alkyl halides is 3. The number of H-pyrrole nitrogens is 3. The van der Waals surface area contributed by atoms with Crippen LogP contribution in [0.15, 0.2) is 121 Å². The van der Waals surface area contributed by atoms with E-state index in [2.05, 4.69) is 33.2 Å². The Morgan fingerprint density at radius 1 is 0.400 bits per heavy atom. The largest absolute Gasteiger partial charge is 0.416 e. The van der Waals surface area contributed by atoms with Crippen LogP contribution in [0.5, 0.6) is 0 Å². The van der Waals surface area contributed by atoms with E-state index in [1.807, 2.05) is 91.0 Å². The van der Waals surface area contributed by atoms with Gasteiger partial charge in [0.15, 0.2) is 0 Å². The van der Waals surface area contributed by atoms with E-state index in [0.29, 0.717) is 5.56 Å². The van der Waals surface area contributed by atoms with Crippen molar-refractivity contribution in [2.24, 2.45) is 0 Å². The number of nitrogens with zero attached hydrogens (tertiary/aromatic N) is 1. The third-order valence-corrected chi connectivity index (χ3v) is 8.20. The molecule has 3 aromatic carbocycles. The predicted molar refractivity (Wildman–Crippen MR) is 176 cm³/mol. The molecular weight excluding hydrogens is 569 g/mol. The van der Waals surface area contributed by atoms with Gasteiger partial charge in [-0.25, -0.2) is 4.98 Å². The van der Waals surface area contributed by atoms with Gasteiger partial charge in [0.05, 0.1) is 22.5 Å². The zero-order valence-electron chi connectivity index (χ0n) is 23.8. The summed E-state index contributed by atoms with van der Waals surface area (Å²) in [4.78, 5) is 15.9. The minimum absolute atomic E-state index is 0.646. The lowest BCUT2D eigenvalue weighted by molar-refractivity contribution is -0.137. The fraction of sp³-hybridized carbons (Fsp3) is 0.0263. The molecule has 0 amide bonds. The number of fused-ring (bicyclic) bond motifs is 9. The van der Waals surface area contributed by atoms with Gasteiger partial charge in [-0.15, -0.1) is 0 Å². The topological polar surface area (TPSA) is 60.3 Å². The van der Waals surface area contributed by atoms with Crippen LogP contribution in [0, 0.1) is 0 Å². The molecule has 0 radical (unpaired) electrons. The molecule has 0 saturated carbocycles. The Morgan fingerprint density at radius 3 is 1.31 bits per heavy atom. The summed E-state index contributed by atoms with van der Waals surface area (Å²) < 4.78 is 40.5. The maximum atomic E-state index is 13.5. The average molecular weight is 595 g/mol. The first kappa shape index (κ1) is 26.8. The Balaban J connectivity index is 1.53. The van der Waals surface area contributed by atoms with Gasteiger partial charge in [0.2, 0.25) is 0 Å². The van der Waals surface area contributed by atoms with Crippen molar-refractivity contribution in [1.82, 2.24) is 19.9 Å². The van der Waals surface area contributed by atoms with Gasteiger partial charge in [0, 0.05) is 44.3 Å². The molecular formula is C38H25F3N4.